The van der Waals surface area contributed by atoms with Crippen LogP contribution in [0.15, 0.2) is 0 Å². The van der Waals surface area contributed by atoms with Gasteiger partial charge < -0.3 is 15.3 Å². The number of aliphatic carboxylic acids is 3. The number of nitrogens with one attached hydrogen (secondary N) is 1. The summed E-state index contributed by atoms with van der Waals surface area (Å²) in [7, 11) is 0. The quantitative estimate of drug-likeness (QED) is 0.425. The number of carboxylic acid groups (broad SMARTS) is 3. The molecular formula is C9H13NO7. The minimum atomic E-state index is -1.50. The third kappa shape index (κ3) is 6.25. The zero-order valence-electron chi connectivity index (χ0n) is 9.04. The molecule has 0 aliphatic carbocycles. The minimum Gasteiger partial charge on any atom is -0.481 e. The maximum Gasteiger partial charge on any atom is 0.321 e. The Morgan fingerprint density at radius 2 is 1.35 bits per heavy atom. The Kier molecular flexibility index (Phi) is 5.83. The number of ketones is 1. The van der Waals surface area contributed by atoms with Crippen LogP contribution in [0.5, 0.6) is 0 Å². The van der Waals surface area contributed by atoms with E-state index in [2.05, 4.69) is 5.32 Å². The fraction of sp³-hybridized carbons (Fsp3) is 0.556. The Labute approximate surface area is 96.2 Å². The molecular weight excluding hydrogens is 234 g/mol. The van der Waals surface area contributed by atoms with Gasteiger partial charge in [0.15, 0.2) is 0 Å². The Morgan fingerprint density at radius 3 is 1.65 bits per heavy atom. The number of rotatable bonds is 8. The summed E-state index contributed by atoms with van der Waals surface area (Å²) in [5.41, 5.74) is 0. The van der Waals surface area contributed by atoms with E-state index < -0.39 is 48.6 Å². The monoisotopic (exact) mass is 247 g/mol. The molecule has 17 heavy (non-hydrogen) atoms. The van der Waals surface area contributed by atoms with Gasteiger partial charge in [-0.25, -0.2) is 0 Å². The molecule has 0 rings (SSSR count). The fourth-order valence-corrected chi connectivity index (χ4v) is 1.13. The summed E-state index contributed by atoms with van der Waals surface area (Å²) in [4.78, 5) is 42.6. The van der Waals surface area contributed by atoms with E-state index in [1.165, 1.54) is 0 Å². The van der Waals surface area contributed by atoms with Gasteiger partial charge in [0.2, 0.25) is 0 Å². The van der Waals surface area contributed by atoms with E-state index in [1.54, 1.807) is 0 Å². The summed E-state index contributed by atoms with van der Waals surface area (Å²) >= 11 is 0. The molecule has 0 fully saturated rings. The van der Waals surface area contributed by atoms with Gasteiger partial charge in [-0.3, -0.25) is 24.5 Å². The summed E-state index contributed by atoms with van der Waals surface area (Å²) in [6, 6.07) is -2.71. The third-order valence-electron chi connectivity index (χ3n) is 1.95. The van der Waals surface area contributed by atoms with E-state index in [-0.39, 0.29) is 0 Å². The Balaban J connectivity index is 4.67. The van der Waals surface area contributed by atoms with Crippen LogP contribution in [0.2, 0.25) is 0 Å². The van der Waals surface area contributed by atoms with Crippen molar-refractivity contribution >= 4 is 23.7 Å². The highest BCUT2D eigenvalue weighted by Crippen LogP contribution is 2.00. The zero-order chi connectivity index (χ0) is 13.6. The fourth-order valence-electron chi connectivity index (χ4n) is 1.13. The molecule has 0 saturated heterocycles. The van der Waals surface area contributed by atoms with Crippen molar-refractivity contribution in [3.8, 4) is 0 Å². The second kappa shape index (κ2) is 6.59. The molecule has 0 aromatic rings. The lowest BCUT2D eigenvalue weighted by molar-refractivity contribution is -0.147. The first kappa shape index (κ1) is 15.0. The molecule has 8 heteroatoms. The van der Waals surface area contributed by atoms with Crippen molar-refractivity contribution in [1.29, 1.82) is 0 Å². The smallest absolute Gasteiger partial charge is 0.321 e. The van der Waals surface area contributed by atoms with Gasteiger partial charge in [0, 0.05) is 0 Å². The number of carboxylic acids is 3. The molecule has 2 atom stereocenters. The molecule has 0 heterocycles. The lowest BCUT2D eigenvalue weighted by atomic mass is 10.1. The molecule has 8 nitrogen and oxygen atoms in total. The van der Waals surface area contributed by atoms with Crippen LogP contribution in [0.25, 0.3) is 0 Å². The average molecular weight is 247 g/mol. The highest BCUT2D eigenvalue weighted by atomic mass is 16.4. The van der Waals surface area contributed by atoms with Gasteiger partial charge in [0.05, 0.1) is 18.9 Å². The van der Waals surface area contributed by atoms with Crippen LogP contribution in [0, 0.1) is 0 Å². The molecule has 0 bridgehead atoms. The van der Waals surface area contributed by atoms with Gasteiger partial charge >= 0.3 is 17.9 Å². The number of carbonyl (C=O) groups is 4. The van der Waals surface area contributed by atoms with Crippen LogP contribution in [0.1, 0.15) is 19.8 Å². The highest BCUT2D eigenvalue weighted by molar-refractivity contribution is 5.87. The number of Topliss-reactive ketones (excluding diaryl/α,β-unsaturated/α-hetero) is 1. The number of carbonyl (C=O) groups excluding carboxylic acids is 1. The van der Waals surface area contributed by atoms with Gasteiger partial charge in [0.25, 0.3) is 0 Å². The number of hydrogen-bond donors (Lipinski definition) is 4. The minimum absolute atomic E-state index is 0.566. The van der Waals surface area contributed by atoms with Crippen molar-refractivity contribution in [1.82, 2.24) is 5.32 Å². The van der Waals surface area contributed by atoms with Gasteiger partial charge in [-0.1, -0.05) is 0 Å². The molecule has 96 valence electrons. The first-order chi connectivity index (χ1) is 7.73. The Hall–Kier alpha value is -1.96. The molecule has 0 radical (unpaired) electrons. The molecule has 2 unspecified atom stereocenters. The van der Waals surface area contributed by atoms with Crippen molar-refractivity contribution in [3.05, 3.63) is 0 Å². The number of hydrogen-bond acceptors (Lipinski definition) is 5. The van der Waals surface area contributed by atoms with E-state index in [4.69, 9.17) is 15.3 Å². The van der Waals surface area contributed by atoms with Crippen molar-refractivity contribution in [2.24, 2.45) is 0 Å². The molecule has 0 aliphatic rings. The van der Waals surface area contributed by atoms with Gasteiger partial charge in [-0.15, -0.1) is 0 Å². The molecule has 0 aliphatic heterocycles. The second-order valence-electron chi connectivity index (χ2n) is 3.42. The van der Waals surface area contributed by atoms with Crippen molar-refractivity contribution < 1.29 is 34.5 Å². The standard InChI is InChI=1S/C9H13NO7/c1-4(11)5(2-7(12)13)10-6(9(16)17)3-8(14)15/h5-6,10H,2-3H2,1H3,(H,12,13)(H,14,15)(H,16,17). The van der Waals surface area contributed by atoms with Crippen molar-refractivity contribution in [2.75, 3.05) is 0 Å². The van der Waals surface area contributed by atoms with Crippen LogP contribution < -0.4 is 5.32 Å². The van der Waals surface area contributed by atoms with Crippen LogP contribution in [0.3, 0.4) is 0 Å². The largest absolute Gasteiger partial charge is 0.481 e. The lowest BCUT2D eigenvalue weighted by Crippen LogP contribution is -2.48. The maximum absolute atomic E-state index is 11.1. The topological polar surface area (TPSA) is 141 Å². The van der Waals surface area contributed by atoms with Gasteiger partial charge in [0.1, 0.15) is 11.8 Å². The van der Waals surface area contributed by atoms with Crippen LogP contribution >= 0.6 is 0 Å². The molecule has 0 aromatic carbocycles. The summed E-state index contributed by atoms with van der Waals surface area (Å²) in [6.07, 6.45) is -1.34. The van der Waals surface area contributed by atoms with E-state index in [9.17, 15) is 19.2 Å². The van der Waals surface area contributed by atoms with E-state index in [1.807, 2.05) is 0 Å². The summed E-state index contributed by atoms with van der Waals surface area (Å²) in [5.74, 6) is -4.66. The van der Waals surface area contributed by atoms with Gasteiger partial charge in [-0.2, -0.15) is 0 Å². The normalized spacial score (nSPS) is 13.7. The van der Waals surface area contributed by atoms with Crippen LogP contribution in [-0.4, -0.2) is 51.1 Å². The van der Waals surface area contributed by atoms with Crippen LogP contribution in [0.4, 0.5) is 0 Å². The summed E-state index contributed by atoms with van der Waals surface area (Å²) < 4.78 is 0. The first-order valence-electron chi connectivity index (χ1n) is 4.67. The predicted molar refractivity (Wildman–Crippen MR) is 53.5 cm³/mol. The van der Waals surface area contributed by atoms with Gasteiger partial charge in [-0.05, 0) is 6.92 Å². The molecule has 0 saturated carbocycles. The molecule has 4 N–H and O–H groups in total. The highest BCUT2D eigenvalue weighted by Gasteiger charge is 2.27. The van der Waals surface area contributed by atoms with E-state index >= 15 is 0 Å². The summed E-state index contributed by atoms with van der Waals surface area (Å²) in [6.45, 7) is 1.10. The van der Waals surface area contributed by atoms with E-state index in [0.29, 0.717) is 0 Å². The zero-order valence-corrected chi connectivity index (χ0v) is 9.04. The molecule has 0 aromatic heterocycles. The van der Waals surface area contributed by atoms with Crippen molar-refractivity contribution in [3.63, 3.8) is 0 Å². The SMILES string of the molecule is CC(=O)C(CC(=O)O)NC(CC(=O)O)C(=O)O. The maximum atomic E-state index is 11.1. The summed E-state index contributed by atoms with van der Waals surface area (Å²) in [5, 5.41) is 27.9. The second-order valence-corrected chi connectivity index (χ2v) is 3.42. The van der Waals surface area contributed by atoms with Crippen molar-refractivity contribution in [2.45, 2.75) is 31.8 Å². The molecule has 0 spiro atoms. The predicted octanol–water partition coefficient (Wildman–Crippen LogP) is -1.06. The third-order valence-corrected chi connectivity index (χ3v) is 1.95. The lowest BCUT2D eigenvalue weighted by Gasteiger charge is -2.18. The Morgan fingerprint density at radius 1 is 0.941 bits per heavy atom. The average Bonchev–Trinajstić information content (AvgIpc) is 2.13. The Bertz CT molecular complexity index is 306. The molecule has 0 amide bonds. The first-order valence-corrected chi connectivity index (χ1v) is 4.67. The van der Waals surface area contributed by atoms with Crippen LogP contribution in [-0.2, 0) is 19.2 Å². The van der Waals surface area contributed by atoms with E-state index in [0.717, 1.165) is 6.92 Å².